The number of sulfonamides is 1. The average Bonchev–Trinajstić information content (AvgIpc) is 2.78. The first-order valence-electron chi connectivity index (χ1n) is 11.4. The van der Waals surface area contributed by atoms with Crippen LogP contribution in [0.1, 0.15) is 44.7 Å². The zero-order valence-corrected chi connectivity index (χ0v) is 22.0. The Hall–Kier alpha value is -2.58. The predicted octanol–water partition coefficient (Wildman–Crippen LogP) is 4.14. The second kappa shape index (κ2) is 12.2. The lowest BCUT2D eigenvalue weighted by Gasteiger charge is -2.33. The van der Waals surface area contributed by atoms with Crippen molar-refractivity contribution >= 4 is 39.1 Å². The first-order chi connectivity index (χ1) is 16.0. The lowest BCUT2D eigenvalue weighted by molar-refractivity contribution is -0.140. The molecule has 0 spiro atoms. The normalized spacial score (nSPS) is 13.1. The maximum atomic E-state index is 13.6. The number of amides is 2. The molecule has 0 aliphatic rings. The molecular formula is C25H34ClN3O4S. The number of carbonyl (C=O) groups excluding carboxylic acids is 2. The first-order valence-corrected chi connectivity index (χ1v) is 13.6. The van der Waals surface area contributed by atoms with Crippen molar-refractivity contribution in [3.05, 3.63) is 64.7 Å². The van der Waals surface area contributed by atoms with Crippen LogP contribution >= 0.6 is 11.6 Å². The van der Waals surface area contributed by atoms with Crippen LogP contribution < -0.4 is 9.62 Å². The Labute approximate surface area is 208 Å². The SMILES string of the molecule is CC[C@@H](C)NC(=O)[C@@H](CC)N(Cc1ccccc1)C(=O)CN(c1ccc(C)c(Cl)c1)S(C)(=O)=O. The van der Waals surface area contributed by atoms with Crippen LogP contribution in [0.15, 0.2) is 48.5 Å². The predicted molar refractivity (Wildman–Crippen MR) is 137 cm³/mol. The van der Waals surface area contributed by atoms with Gasteiger partial charge in [-0.25, -0.2) is 8.42 Å². The monoisotopic (exact) mass is 507 g/mol. The molecule has 0 radical (unpaired) electrons. The number of hydrogen-bond acceptors (Lipinski definition) is 4. The summed E-state index contributed by atoms with van der Waals surface area (Å²) in [5, 5.41) is 3.35. The van der Waals surface area contributed by atoms with Gasteiger partial charge in [0.05, 0.1) is 11.9 Å². The average molecular weight is 508 g/mol. The van der Waals surface area contributed by atoms with Crippen LogP contribution in [0.3, 0.4) is 0 Å². The van der Waals surface area contributed by atoms with E-state index in [1.165, 1.54) is 11.0 Å². The lowest BCUT2D eigenvalue weighted by Crippen LogP contribution is -2.53. The Morgan fingerprint density at radius 1 is 1.06 bits per heavy atom. The van der Waals surface area contributed by atoms with Gasteiger partial charge < -0.3 is 10.2 Å². The zero-order valence-electron chi connectivity index (χ0n) is 20.4. The number of anilines is 1. The topological polar surface area (TPSA) is 86.8 Å². The number of aryl methyl sites for hydroxylation is 1. The third-order valence-electron chi connectivity index (χ3n) is 5.71. The van der Waals surface area contributed by atoms with Gasteiger partial charge in [0.1, 0.15) is 12.6 Å². The number of rotatable bonds is 11. The van der Waals surface area contributed by atoms with Crippen molar-refractivity contribution in [3.8, 4) is 0 Å². The molecule has 0 fully saturated rings. The highest BCUT2D eigenvalue weighted by atomic mass is 35.5. The maximum Gasteiger partial charge on any atom is 0.244 e. The number of hydrogen-bond donors (Lipinski definition) is 1. The van der Waals surface area contributed by atoms with Gasteiger partial charge in [-0.1, -0.05) is 61.8 Å². The maximum absolute atomic E-state index is 13.6. The van der Waals surface area contributed by atoms with Gasteiger partial charge in [-0.2, -0.15) is 0 Å². The van der Waals surface area contributed by atoms with Crippen LogP contribution in [0.2, 0.25) is 5.02 Å². The van der Waals surface area contributed by atoms with Gasteiger partial charge in [-0.15, -0.1) is 0 Å². The Balaban J connectivity index is 2.43. The van der Waals surface area contributed by atoms with Crippen molar-refractivity contribution in [1.82, 2.24) is 10.2 Å². The van der Waals surface area contributed by atoms with Crippen molar-refractivity contribution < 1.29 is 18.0 Å². The molecule has 0 aromatic heterocycles. The summed E-state index contributed by atoms with van der Waals surface area (Å²) in [4.78, 5) is 28.1. The second-order valence-corrected chi connectivity index (χ2v) is 10.8. The summed E-state index contributed by atoms with van der Waals surface area (Å²) in [5.74, 6) is -0.734. The molecule has 9 heteroatoms. The molecule has 2 amide bonds. The van der Waals surface area contributed by atoms with E-state index >= 15 is 0 Å². The quantitative estimate of drug-likeness (QED) is 0.495. The molecule has 0 heterocycles. The van der Waals surface area contributed by atoms with Gasteiger partial charge in [-0.05, 0) is 49.9 Å². The molecule has 0 aliphatic heterocycles. The molecule has 2 aromatic rings. The zero-order chi connectivity index (χ0) is 25.5. The smallest absolute Gasteiger partial charge is 0.244 e. The molecule has 7 nitrogen and oxygen atoms in total. The summed E-state index contributed by atoms with van der Waals surface area (Å²) < 4.78 is 26.3. The minimum absolute atomic E-state index is 0.0440. The van der Waals surface area contributed by atoms with Crippen LogP contribution in [0.4, 0.5) is 5.69 Å². The van der Waals surface area contributed by atoms with E-state index in [1.807, 2.05) is 58.0 Å². The van der Waals surface area contributed by atoms with Crippen molar-refractivity contribution in [2.45, 2.75) is 59.2 Å². The standard InChI is InChI=1S/C25H34ClN3O4S/c1-6-19(4)27-25(31)23(7-2)28(16-20-11-9-8-10-12-20)24(30)17-29(34(5,32)33)21-14-13-18(3)22(26)15-21/h8-15,19,23H,6-7,16-17H2,1-5H3,(H,27,31)/t19-,23-/m1/s1. The van der Waals surface area contributed by atoms with Crippen molar-refractivity contribution in [3.63, 3.8) is 0 Å². The number of nitrogens with zero attached hydrogens (tertiary/aromatic N) is 2. The fourth-order valence-electron chi connectivity index (χ4n) is 3.49. The van der Waals surface area contributed by atoms with Gasteiger partial charge in [0.2, 0.25) is 21.8 Å². The number of benzene rings is 2. The number of halogens is 1. The molecule has 1 N–H and O–H groups in total. The molecule has 0 bridgehead atoms. The minimum atomic E-state index is -3.80. The van der Waals surface area contributed by atoms with E-state index in [1.54, 1.807) is 12.1 Å². The second-order valence-electron chi connectivity index (χ2n) is 8.45. The lowest BCUT2D eigenvalue weighted by atomic mass is 10.1. The highest BCUT2D eigenvalue weighted by Gasteiger charge is 2.32. The van der Waals surface area contributed by atoms with Gasteiger partial charge in [0, 0.05) is 17.6 Å². The number of nitrogens with one attached hydrogen (secondary N) is 1. The summed E-state index contributed by atoms with van der Waals surface area (Å²) in [6, 6.07) is 13.4. The van der Waals surface area contributed by atoms with Crippen LogP contribution in [0.5, 0.6) is 0 Å². The fraction of sp³-hybridized carbons (Fsp3) is 0.440. The van der Waals surface area contributed by atoms with Crippen LogP contribution in [-0.4, -0.2) is 50.0 Å². The van der Waals surface area contributed by atoms with E-state index in [4.69, 9.17) is 11.6 Å². The van der Waals surface area contributed by atoms with Crippen LogP contribution in [-0.2, 0) is 26.2 Å². The van der Waals surface area contributed by atoms with Gasteiger partial charge >= 0.3 is 0 Å². The number of carbonyl (C=O) groups is 2. The van der Waals surface area contributed by atoms with Crippen molar-refractivity contribution in [1.29, 1.82) is 0 Å². The van der Waals surface area contributed by atoms with Crippen molar-refractivity contribution in [2.75, 3.05) is 17.1 Å². The van der Waals surface area contributed by atoms with Gasteiger partial charge in [0.15, 0.2) is 0 Å². The molecule has 186 valence electrons. The largest absolute Gasteiger partial charge is 0.352 e. The van der Waals surface area contributed by atoms with E-state index in [0.717, 1.165) is 28.1 Å². The highest BCUT2D eigenvalue weighted by molar-refractivity contribution is 7.92. The fourth-order valence-corrected chi connectivity index (χ4v) is 4.51. The molecule has 0 saturated heterocycles. The molecule has 34 heavy (non-hydrogen) atoms. The Morgan fingerprint density at radius 2 is 1.71 bits per heavy atom. The first kappa shape index (κ1) is 27.7. The summed E-state index contributed by atoms with van der Waals surface area (Å²) in [6.07, 6.45) is 2.18. The van der Waals surface area contributed by atoms with Gasteiger partial charge in [-0.3, -0.25) is 13.9 Å². The summed E-state index contributed by atoms with van der Waals surface area (Å²) in [7, 11) is -3.80. The molecular weight excluding hydrogens is 474 g/mol. The summed E-state index contributed by atoms with van der Waals surface area (Å²) in [5.41, 5.74) is 1.93. The third kappa shape index (κ3) is 7.46. The van der Waals surface area contributed by atoms with E-state index in [2.05, 4.69) is 5.32 Å². The molecule has 0 unspecified atom stereocenters. The Morgan fingerprint density at radius 3 is 2.24 bits per heavy atom. The molecule has 2 atom stereocenters. The third-order valence-corrected chi connectivity index (χ3v) is 7.25. The van der Waals surface area contributed by atoms with E-state index in [-0.39, 0.29) is 18.5 Å². The van der Waals surface area contributed by atoms with E-state index in [0.29, 0.717) is 17.1 Å². The summed E-state index contributed by atoms with van der Waals surface area (Å²) in [6.45, 7) is 7.25. The van der Waals surface area contributed by atoms with E-state index in [9.17, 15) is 18.0 Å². The molecule has 2 aromatic carbocycles. The highest BCUT2D eigenvalue weighted by Crippen LogP contribution is 2.25. The van der Waals surface area contributed by atoms with Crippen LogP contribution in [0.25, 0.3) is 0 Å². The minimum Gasteiger partial charge on any atom is -0.352 e. The summed E-state index contributed by atoms with van der Waals surface area (Å²) >= 11 is 6.22. The Bertz CT molecular complexity index is 1090. The van der Waals surface area contributed by atoms with Crippen LogP contribution in [0, 0.1) is 6.92 Å². The molecule has 2 rings (SSSR count). The van der Waals surface area contributed by atoms with Gasteiger partial charge in [0.25, 0.3) is 0 Å². The van der Waals surface area contributed by atoms with E-state index < -0.39 is 28.5 Å². The molecule has 0 saturated carbocycles. The van der Waals surface area contributed by atoms with Crippen molar-refractivity contribution in [2.24, 2.45) is 0 Å². The Kier molecular flexibility index (Phi) is 9.94. The molecule has 0 aliphatic carbocycles.